The maximum Gasteiger partial charge on any atom is 0.401 e. The van der Waals surface area contributed by atoms with Crippen LogP contribution in [0.3, 0.4) is 0 Å². The molecule has 0 bridgehead atoms. The lowest BCUT2D eigenvalue weighted by Gasteiger charge is -2.42. The van der Waals surface area contributed by atoms with Crippen molar-refractivity contribution in [2.24, 2.45) is 11.7 Å². The number of hydrogen-bond donors (Lipinski definition) is 2. The topological polar surface area (TPSA) is 47.3 Å². The summed E-state index contributed by atoms with van der Waals surface area (Å²) in [5.41, 5.74) is 5.01. The molecule has 1 heterocycles. The van der Waals surface area contributed by atoms with Crippen molar-refractivity contribution in [3.8, 4) is 0 Å². The fourth-order valence-corrected chi connectivity index (χ4v) is 2.09. The lowest BCUT2D eigenvalue weighted by atomic mass is 9.83. The molecule has 3 nitrogen and oxygen atoms in total. The van der Waals surface area contributed by atoms with Crippen LogP contribution in [0.4, 0.5) is 13.2 Å². The van der Waals surface area contributed by atoms with E-state index in [4.69, 9.17) is 10.5 Å². The van der Waals surface area contributed by atoms with E-state index >= 15 is 0 Å². The molecule has 0 aliphatic carbocycles. The Kier molecular flexibility index (Phi) is 4.80. The lowest BCUT2D eigenvalue weighted by Crippen LogP contribution is -2.59. The van der Waals surface area contributed by atoms with Gasteiger partial charge in [-0.3, -0.25) is 0 Å². The third-order valence-electron chi connectivity index (χ3n) is 3.30. The van der Waals surface area contributed by atoms with E-state index in [2.05, 4.69) is 5.32 Å². The third kappa shape index (κ3) is 4.44. The Morgan fingerprint density at radius 3 is 2.59 bits per heavy atom. The average molecular weight is 254 g/mol. The zero-order valence-electron chi connectivity index (χ0n) is 10.3. The van der Waals surface area contributed by atoms with E-state index in [0.717, 1.165) is 0 Å². The number of rotatable bonds is 4. The van der Waals surface area contributed by atoms with Gasteiger partial charge in [-0.25, -0.2) is 0 Å². The van der Waals surface area contributed by atoms with Gasteiger partial charge in [0.15, 0.2) is 0 Å². The summed E-state index contributed by atoms with van der Waals surface area (Å²) in [5.74, 6) is 0.286. The Bertz CT molecular complexity index is 245. The van der Waals surface area contributed by atoms with Gasteiger partial charge < -0.3 is 15.8 Å². The van der Waals surface area contributed by atoms with Crippen LogP contribution in [0.1, 0.15) is 26.7 Å². The summed E-state index contributed by atoms with van der Waals surface area (Å²) >= 11 is 0. The zero-order valence-corrected chi connectivity index (χ0v) is 10.3. The monoisotopic (exact) mass is 254 g/mol. The lowest BCUT2D eigenvalue weighted by molar-refractivity contribution is -0.134. The maximum absolute atomic E-state index is 12.2. The number of ether oxygens (including phenoxy) is 1. The molecule has 17 heavy (non-hydrogen) atoms. The average Bonchev–Trinajstić information content (AvgIpc) is 2.26. The van der Waals surface area contributed by atoms with E-state index in [0.29, 0.717) is 19.4 Å². The highest BCUT2D eigenvalue weighted by Gasteiger charge is 2.39. The molecule has 0 saturated carbocycles. The van der Waals surface area contributed by atoms with Gasteiger partial charge in [0.25, 0.3) is 0 Å². The van der Waals surface area contributed by atoms with Crippen molar-refractivity contribution in [1.29, 1.82) is 0 Å². The maximum atomic E-state index is 12.2. The SMILES string of the molecule is CC(C)C1CC(CN)(NCC(F)(F)F)CCO1. The highest BCUT2D eigenvalue weighted by Crippen LogP contribution is 2.28. The second-order valence-corrected chi connectivity index (χ2v) is 5.06. The molecule has 0 aromatic rings. The first kappa shape index (κ1) is 14.7. The highest BCUT2D eigenvalue weighted by molar-refractivity contribution is 4.95. The summed E-state index contributed by atoms with van der Waals surface area (Å²) in [6, 6.07) is 0. The number of alkyl halides is 3. The largest absolute Gasteiger partial charge is 0.401 e. The van der Waals surface area contributed by atoms with Crippen molar-refractivity contribution in [1.82, 2.24) is 5.32 Å². The molecule has 6 heteroatoms. The number of hydrogen-bond acceptors (Lipinski definition) is 3. The molecule has 1 rings (SSSR count). The molecule has 102 valence electrons. The molecule has 0 aromatic heterocycles. The first-order valence-electron chi connectivity index (χ1n) is 5.91. The number of nitrogens with one attached hydrogen (secondary N) is 1. The van der Waals surface area contributed by atoms with E-state index in [9.17, 15) is 13.2 Å². The van der Waals surface area contributed by atoms with Crippen molar-refractivity contribution in [3.63, 3.8) is 0 Å². The fraction of sp³-hybridized carbons (Fsp3) is 1.00. The predicted molar refractivity (Wildman–Crippen MR) is 59.7 cm³/mol. The van der Waals surface area contributed by atoms with Gasteiger partial charge in [-0.2, -0.15) is 13.2 Å². The van der Waals surface area contributed by atoms with Gasteiger partial charge in [0.2, 0.25) is 0 Å². The fourth-order valence-electron chi connectivity index (χ4n) is 2.09. The van der Waals surface area contributed by atoms with E-state index in [1.165, 1.54) is 0 Å². The minimum Gasteiger partial charge on any atom is -0.378 e. The molecular formula is C11H21F3N2O. The molecule has 0 radical (unpaired) electrons. The minimum atomic E-state index is -4.20. The van der Waals surface area contributed by atoms with Crippen LogP contribution in [-0.2, 0) is 4.74 Å². The Labute approximate surface area is 99.9 Å². The van der Waals surface area contributed by atoms with Crippen molar-refractivity contribution in [2.75, 3.05) is 19.7 Å². The van der Waals surface area contributed by atoms with Crippen molar-refractivity contribution in [2.45, 2.75) is 44.5 Å². The van der Waals surface area contributed by atoms with Crippen LogP contribution in [-0.4, -0.2) is 37.5 Å². The number of nitrogens with two attached hydrogens (primary N) is 1. The van der Waals surface area contributed by atoms with Crippen molar-refractivity contribution < 1.29 is 17.9 Å². The summed E-state index contributed by atoms with van der Waals surface area (Å²) in [6.07, 6.45) is -3.15. The Hall–Kier alpha value is -0.330. The second kappa shape index (κ2) is 5.54. The molecule has 1 aliphatic heterocycles. The van der Waals surface area contributed by atoms with Crippen LogP contribution in [0.25, 0.3) is 0 Å². The predicted octanol–water partition coefficient (Wildman–Crippen LogP) is 1.67. The van der Waals surface area contributed by atoms with Crippen LogP contribution in [0.2, 0.25) is 0 Å². The molecule has 0 amide bonds. The van der Waals surface area contributed by atoms with Crippen LogP contribution in [0.5, 0.6) is 0 Å². The molecule has 1 aliphatic rings. The van der Waals surface area contributed by atoms with Gasteiger partial charge in [0.1, 0.15) is 0 Å². The Morgan fingerprint density at radius 1 is 1.47 bits per heavy atom. The number of halogens is 3. The molecule has 1 fully saturated rings. The van der Waals surface area contributed by atoms with E-state index in [-0.39, 0.29) is 18.6 Å². The van der Waals surface area contributed by atoms with Gasteiger partial charge in [0.05, 0.1) is 12.6 Å². The minimum absolute atomic E-state index is 0.0203. The van der Waals surface area contributed by atoms with Gasteiger partial charge >= 0.3 is 6.18 Å². The third-order valence-corrected chi connectivity index (χ3v) is 3.30. The smallest absolute Gasteiger partial charge is 0.378 e. The molecule has 2 unspecified atom stereocenters. The van der Waals surface area contributed by atoms with Gasteiger partial charge in [0, 0.05) is 18.7 Å². The summed E-state index contributed by atoms with van der Waals surface area (Å²) in [5, 5.41) is 2.58. The van der Waals surface area contributed by atoms with Crippen LogP contribution in [0, 0.1) is 5.92 Å². The van der Waals surface area contributed by atoms with E-state index in [1.54, 1.807) is 0 Å². The molecule has 1 saturated heterocycles. The van der Waals surface area contributed by atoms with Gasteiger partial charge in [-0.1, -0.05) is 13.8 Å². The molecule has 0 spiro atoms. The van der Waals surface area contributed by atoms with Gasteiger partial charge in [-0.05, 0) is 18.8 Å². The van der Waals surface area contributed by atoms with Gasteiger partial charge in [-0.15, -0.1) is 0 Å². The Balaban J connectivity index is 2.61. The van der Waals surface area contributed by atoms with Crippen LogP contribution in [0.15, 0.2) is 0 Å². The molecule has 2 atom stereocenters. The second-order valence-electron chi connectivity index (χ2n) is 5.06. The summed E-state index contributed by atoms with van der Waals surface area (Å²) in [4.78, 5) is 0. The van der Waals surface area contributed by atoms with Crippen LogP contribution >= 0.6 is 0 Å². The quantitative estimate of drug-likeness (QED) is 0.802. The molecule has 0 aromatic carbocycles. The van der Waals surface area contributed by atoms with E-state index < -0.39 is 18.3 Å². The first-order chi connectivity index (χ1) is 7.78. The normalized spacial score (nSPS) is 30.9. The summed E-state index contributed by atoms with van der Waals surface area (Å²) < 4.78 is 42.3. The first-order valence-corrected chi connectivity index (χ1v) is 5.91. The molecule has 3 N–H and O–H groups in total. The zero-order chi connectivity index (χ0) is 13.1. The van der Waals surface area contributed by atoms with E-state index in [1.807, 2.05) is 13.8 Å². The van der Waals surface area contributed by atoms with Crippen molar-refractivity contribution >= 4 is 0 Å². The molecular weight excluding hydrogens is 233 g/mol. The standard InChI is InChI=1S/C11H21F3N2O/c1-8(2)9-5-10(6-15,3-4-17-9)16-7-11(12,13)14/h8-9,16H,3-7,15H2,1-2H3. The highest BCUT2D eigenvalue weighted by atomic mass is 19.4. The Morgan fingerprint density at radius 2 is 2.12 bits per heavy atom. The summed E-state index contributed by atoms with van der Waals surface area (Å²) in [6.45, 7) is 3.68. The van der Waals surface area contributed by atoms with Crippen molar-refractivity contribution in [3.05, 3.63) is 0 Å². The van der Waals surface area contributed by atoms with Crippen LogP contribution < -0.4 is 11.1 Å². The summed E-state index contributed by atoms with van der Waals surface area (Å²) in [7, 11) is 0.